The Labute approximate surface area is 124 Å². The van der Waals surface area contributed by atoms with Crippen LogP contribution in [-0.4, -0.2) is 50.2 Å². The Hall–Kier alpha value is -1.91. The van der Waals surface area contributed by atoms with E-state index in [0.717, 1.165) is 0 Å². The summed E-state index contributed by atoms with van der Waals surface area (Å²) in [6.07, 6.45) is 1.18. The van der Waals surface area contributed by atoms with E-state index in [2.05, 4.69) is 0 Å². The van der Waals surface area contributed by atoms with Gasteiger partial charge in [0.15, 0.2) is 0 Å². The second-order valence-corrected chi connectivity index (χ2v) is 7.04. The molecule has 1 aromatic rings. The third-order valence-electron chi connectivity index (χ3n) is 3.50. The number of sulfonamides is 1. The summed E-state index contributed by atoms with van der Waals surface area (Å²) >= 11 is 0. The Kier molecular flexibility index (Phi) is 4.30. The van der Waals surface area contributed by atoms with Gasteiger partial charge < -0.3 is 4.90 Å². The fourth-order valence-electron chi connectivity index (χ4n) is 2.43. The van der Waals surface area contributed by atoms with E-state index in [1.54, 1.807) is 20.2 Å². The number of benzene rings is 1. The Balaban J connectivity index is 2.38. The third-order valence-corrected chi connectivity index (χ3v) is 5.40. The lowest BCUT2D eigenvalue weighted by atomic mass is 10.2. The molecule has 1 heterocycles. The standard InChI is InChI=1S/C14H17N3O3S/c1-16(2)14(18)13-7-4-8-17(13)21(19,20)12-6-3-5-11(9-12)10-15/h3,5-6,9,13H,4,7-8H2,1-2H3. The van der Waals surface area contributed by atoms with Crippen LogP contribution in [-0.2, 0) is 14.8 Å². The van der Waals surface area contributed by atoms with Gasteiger partial charge in [-0.2, -0.15) is 9.57 Å². The highest BCUT2D eigenvalue weighted by molar-refractivity contribution is 7.89. The molecule has 1 amide bonds. The van der Waals surface area contributed by atoms with Crippen LogP contribution in [0.1, 0.15) is 18.4 Å². The third kappa shape index (κ3) is 2.91. The van der Waals surface area contributed by atoms with Gasteiger partial charge in [0.25, 0.3) is 0 Å². The van der Waals surface area contributed by atoms with Gasteiger partial charge >= 0.3 is 0 Å². The minimum Gasteiger partial charge on any atom is -0.347 e. The quantitative estimate of drug-likeness (QED) is 0.827. The molecule has 2 rings (SSSR count). The molecule has 1 aliphatic heterocycles. The molecule has 1 saturated heterocycles. The number of amides is 1. The lowest BCUT2D eigenvalue weighted by Crippen LogP contribution is -2.45. The second-order valence-electron chi connectivity index (χ2n) is 5.15. The van der Waals surface area contributed by atoms with Gasteiger partial charge in [-0.25, -0.2) is 8.42 Å². The topological polar surface area (TPSA) is 81.5 Å². The highest BCUT2D eigenvalue weighted by Gasteiger charge is 2.40. The van der Waals surface area contributed by atoms with Crippen molar-refractivity contribution in [2.75, 3.05) is 20.6 Å². The van der Waals surface area contributed by atoms with Crippen LogP contribution in [0.5, 0.6) is 0 Å². The van der Waals surface area contributed by atoms with Crippen molar-refractivity contribution in [1.82, 2.24) is 9.21 Å². The number of nitriles is 1. The van der Waals surface area contributed by atoms with Crippen molar-refractivity contribution in [3.63, 3.8) is 0 Å². The number of carbonyl (C=O) groups excluding carboxylic acids is 1. The lowest BCUT2D eigenvalue weighted by Gasteiger charge is -2.25. The predicted octanol–water partition coefficient (Wildman–Crippen LogP) is 0.800. The summed E-state index contributed by atoms with van der Waals surface area (Å²) in [5.74, 6) is -0.215. The van der Waals surface area contributed by atoms with Crippen LogP contribution in [0.4, 0.5) is 0 Å². The molecule has 112 valence electrons. The molecule has 0 radical (unpaired) electrons. The summed E-state index contributed by atoms with van der Waals surface area (Å²) in [5, 5.41) is 8.89. The molecule has 0 N–H and O–H groups in total. The maximum absolute atomic E-state index is 12.7. The summed E-state index contributed by atoms with van der Waals surface area (Å²) in [5.41, 5.74) is 0.283. The van der Waals surface area contributed by atoms with E-state index in [9.17, 15) is 13.2 Å². The van der Waals surface area contributed by atoms with Gasteiger partial charge in [0.2, 0.25) is 15.9 Å². The van der Waals surface area contributed by atoms with Crippen molar-refractivity contribution in [3.8, 4) is 6.07 Å². The van der Waals surface area contributed by atoms with Gasteiger partial charge in [-0.15, -0.1) is 0 Å². The molecule has 0 aromatic heterocycles. The van der Waals surface area contributed by atoms with E-state index in [0.29, 0.717) is 19.4 Å². The Bertz CT molecular complexity index is 692. The van der Waals surface area contributed by atoms with Crippen LogP contribution in [0.3, 0.4) is 0 Å². The molecular formula is C14H17N3O3S. The SMILES string of the molecule is CN(C)C(=O)C1CCCN1S(=O)(=O)c1cccc(C#N)c1. The highest BCUT2D eigenvalue weighted by Crippen LogP contribution is 2.27. The van der Waals surface area contributed by atoms with Gasteiger partial charge in [0.05, 0.1) is 16.5 Å². The molecule has 1 fully saturated rings. The van der Waals surface area contributed by atoms with Crippen LogP contribution in [0, 0.1) is 11.3 Å². The maximum atomic E-state index is 12.7. The minimum absolute atomic E-state index is 0.0556. The number of hydrogen-bond acceptors (Lipinski definition) is 4. The molecule has 0 saturated carbocycles. The number of hydrogen-bond donors (Lipinski definition) is 0. The molecule has 6 nitrogen and oxygen atoms in total. The van der Waals surface area contributed by atoms with Crippen LogP contribution >= 0.6 is 0 Å². The van der Waals surface area contributed by atoms with Crippen LogP contribution in [0.2, 0.25) is 0 Å². The summed E-state index contributed by atoms with van der Waals surface area (Å²) in [7, 11) is -0.539. The largest absolute Gasteiger partial charge is 0.347 e. The zero-order valence-electron chi connectivity index (χ0n) is 12.0. The zero-order chi connectivity index (χ0) is 15.6. The van der Waals surface area contributed by atoms with E-state index in [1.165, 1.54) is 27.4 Å². The number of likely N-dealkylation sites (N-methyl/N-ethyl adjacent to an activating group) is 1. The maximum Gasteiger partial charge on any atom is 0.243 e. The van der Waals surface area contributed by atoms with E-state index >= 15 is 0 Å². The van der Waals surface area contributed by atoms with Gasteiger partial charge in [-0.05, 0) is 31.0 Å². The minimum atomic E-state index is -3.76. The fraction of sp³-hybridized carbons (Fsp3) is 0.429. The smallest absolute Gasteiger partial charge is 0.243 e. The molecule has 0 spiro atoms. The van der Waals surface area contributed by atoms with Crippen LogP contribution in [0.25, 0.3) is 0 Å². The van der Waals surface area contributed by atoms with Crippen molar-refractivity contribution in [1.29, 1.82) is 5.26 Å². The highest BCUT2D eigenvalue weighted by atomic mass is 32.2. The first-order valence-electron chi connectivity index (χ1n) is 6.61. The van der Waals surface area contributed by atoms with Gasteiger partial charge in [-0.1, -0.05) is 6.07 Å². The second kappa shape index (κ2) is 5.84. The predicted molar refractivity (Wildman–Crippen MR) is 76.8 cm³/mol. The van der Waals surface area contributed by atoms with E-state index in [4.69, 9.17) is 5.26 Å². The summed E-state index contributed by atoms with van der Waals surface area (Å²) in [6.45, 7) is 0.323. The van der Waals surface area contributed by atoms with Crippen molar-refractivity contribution in [3.05, 3.63) is 29.8 Å². The monoisotopic (exact) mass is 307 g/mol. The van der Waals surface area contributed by atoms with Crippen molar-refractivity contribution < 1.29 is 13.2 Å². The van der Waals surface area contributed by atoms with Gasteiger partial charge in [-0.3, -0.25) is 4.79 Å². The normalized spacial score (nSPS) is 19.2. The molecular weight excluding hydrogens is 290 g/mol. The molecule has 0 bridgehead atoms. The average Bonchev–Trinajstić information content (AvgIpc) is 2.96. The number of nitrogens with zero attached hydrogens (tertiary/aromatic N) is 3. The van der Waals surface area contributed by atoms with Crippen LogP contribution in [0.15, 0.2) is 29.2 Å². The van der Waals surface area contributed by atoms with E-state index < -0.39 is 16.1 Å². The van der Waals surface area contributed by atoms with Gasteiger partial charge in [0.1, 0.15) is 6.04 Å². The Morgan fingerprint density at radius 2 is 2.14 bits per heavy atom. The molecule has 1 aliphatic rings. The average molecular weight is 307 g/mol. The lowest BCUT2D eigenvalue weighted by molar-refractivity contribution is -0.132. The van der Waals surface area contributed by atoms with E-state index in [-0.39, 0.29) is 16.4 Å². The molecule has 7 heteroatoms. The summed E-state index contributed by atoms with van der Waals surface area (Å²) in [6, 6.07) is 7.13. The first kappa shape index (κ1) is 15.5. The molecule has 1 aromatic carbocycles. The van der Waals surface area contributed by atoms with Gasteiger partial charge in [0, 0.05) is 20.6 Å². The number of rotatable bonds is 3. The summed E-state index contributed by atoms with van der Waals surface area (Å²) < 4.78 is 26.6. The van der Waals surface area contributed by atoms with Crippen molar-refractivity contribution in [2.24, 2.45) is 0 Å². The first-order valence-corrected chi connectivity index (χ1v) is 8.05. The summed E-state index contributed by atoms with van der Waals surface area (Å²) in [4.78, 5) is 13.6. The molecule has 21 heavy (non-hydrogen) atoms. The van der Waals surface area contributed by atoms with E-state index in [1.807, 2.05) is 6.07 Å². The molecule has 1 unspecified atom stereocenters. The first-order chi connectivity index (χ1) is 9.87. The van der Waals surface area contributed by atoms with Crippen LogP contribution < -0.4 is 0 Å². The number of carbonyl (C=O) groups is 1. The molecule has 0 aliphatic carbocycles. The fourth-order valence-corrected chi connectivity index (χ4v) is 4.13. The Morgan fingerprint density at radius 1 is 1.43 bits per heavy atom. The van der Waals surface area contributed by atoms with Crippen molar-refractivity contribution in [2.45, 2.75) is 23.8 Å². The Morgan fingerprint density at radius 3 is 2.76 bits per heavy atom. The zero-order valence-corrected chi connectivity index (χ0v) is 12.8. The van der Waals surface area contributed by atoms with Crippen molar-refractivity contribution >= 4 is 15.9 Å². The molecule has 1 atom stereocenters.